The molecule has 0 radical (unpaired) electrons. The van der Waals surface area contributed by atoms with E-state index in [2.05, 4.69) is 24.4 Å². The molecule has 1 heterocycles. The summed E-state index contributed by atoms with van der Waals surface area (Å²) in [5, 5.41) is 4.80. The zero-order valence-electron chi connectivity index (χ0n) is 16.6. The largest absolute Gasteiger partial charge is 0.493 e. The van der Waals surface area contributed by atoms with Crippen molar-refractivity contribution in [3.8, 4) is 11.5 Å². The first kappa shape index (κ1) is 19.7. The van der Waals surface area contributed by atoms with Crippen LogP contribution in [-0.4, -0.2) is 31.7 Å². The quantitative estimate of drug-likeness (QED) is 0.591. The molecule has 0 bridgehead atoms. The molecule has 3 aromatic rings. The van der Waals surface area contributed by atoms with Crippen LogP contribution in [0.1, 0.15) is 41.5 Å². The van der Waals surface area contributed by atoms with Crippen LogP contribution in [0.4, 0.5) is 0 Å². The number of hydrogen-bond donors (Lipinski definition) is 1. The van der Waals surface area contributed by atoms with Crippen LogP contribution in [0.15, 0.2) is 48.5 Å². The van der Waals surface area contributed by atoms with Crippen LogP contribution in [0.2, 0.25) is 0 Å². The first-order chi connectivity index (χ1) is 13.7. The Balaban J connectivity index is 2.08. The van der Waals surface area contributed by atoms with Gasteiger partial charge in [-0.15, -0.1) is 0 Å². The van der Waals surface area contributed by atoms with Crippen LogP contribution in [0, 0.1) is 0 Å². The highest BCUT2D eigenvalue weighted by atomic mass is 16.5. The fourth-order valence-electron chi connectivity index (χ4n) is 3.16. The Morgan fingerprint density at radius 2 is 1.75 bits per heavy atom. The molecule has 28 heavy (non-hydrogen) atoms. The Bertz CT molecular complexity index is 955. The summed E-state index contributed by atoms with van der Waals surface area (Å²) in [5.74, 6) is 1.12. The highest BCUT2D eigenvalue weighted by Gasteiger charge is 2.15. The molecule has 3 rings (SSSR count). The number of rotatable bonds is 8. The number of pyridine rings is 1. The molecule has 0 aliphatic rings. The highest BCUT2D eigenvalue weighted by Crippen LogP contribution is 2.34. The Morgan fingerprint density at radius 3 is 2.43 bits per heavy atom. The molecule has 0 saturated carbocycles. The number of fused-ring (bicyclic) bond motifs is 1. The molecular formula is C23H26N2O3. The predicted molar refractivity (Wildman–Crippen MR) is 111 cm³/mol. The van der Waals surface area contributed by atoms with E-state index in [0.717, 1.165) is 34.9 Å². The summed E-state index contributed by atoms with van der Waals surface area (Å²) in [4.78, 5) is 17.3. The van der Waals surface area contributed by atoms with Crippen molar-refractivity contribution >= 4 is 16.7 Å². The number of amides is 1. The lowest BCUT2D eigenvalue weighted by Gasteiger charge is -2.14. The van der Waals surface area contributed by atoms with Gasteiger partial charge in [0.05, 0.1) is 19.9 Å². The first-order valence-electron chi connectivity index (χ1n) is 9.54. The van der Waals surface area contributed by atoms with Crippen LogP contribution in [0.3, 0.4) is 0 Å². The van der Waals surface area contributed by atoms with Crippen molar-refractivity contribution < 1.29 is 14.3 Å². The second-order valence-electron chi connectivity index (χ2n) is 6.65. The molecule has 146 valence electrons. The lowest BCUT2D eigenvalue weighted by Crippen LogP contribution is -2.25. The number of carbonyl (C=O) groups is 1. The van der Waals surface area contributed by atoms with E-state index in [1.807, 2.05) is 36.4 Å². The standard InChI is InChI=1S/C23H26N2O3/c1-4-5-11-24-23(26)20-13-17-14-21(27-2)22(28-3)15-18(17)19(25-20)12-16-9-7-6-8-10-16/h6-10,13-15H,4-5,11-12H2,1-3H3,(H,24,26). The van der Waals surface area contributed by atoms with E-state index in [-0.39, 0.29) is 5.91 Å². The molecule has 0 aliphatic carbocycles. The van der Waals surface area contributed by atoms with Gasteiger partial charge in [0, 0.05) is 18.4 Å². The van der Waals surface area contributed by atoms with Crippen molar-refractivity contribution in [2.75, 3.05) is 20.8 Å². The normalized spacial score (nSPS) is 10.7. The number of hydrogen-bond acceptors (Lipinski definition) is 4. The summed E-state index contributed by atoms with van der Waals surface area (Å²) < 4.78 is 10.9. The second-order valence-corrected chi connectivity index (χ2v) is 6.65. The lowest BCUT2D eigenvalue weighted by atomic mass is 10.0. The Hall–Kier alpha value is -3.08. The van der Waals surface area contributed by atoms with Gasteiger partial charge in [-0.2, -0.15) is 0 Å². The minimum atomic E-state index is -0.153. The van der Waals surface area contributed by atoms with Gasteiger partial charge >= 0.3 is 0 Å². The number of methoxy groups -OCH3 is 2. The van der Waals surface area contributed by atoms with Gasteiger partial charge in [0.25, 0.3) is 5.91 Å². The first-order valence-corrected chi connectivity index (χ1v) is 9.54. The van der Waals surface area contributed by atoms with Crippen LogP contribution >= 0.6 is 0 Å². The minimum Gasteiger partial charge on any atom is -0.493 e. The number of ether oxygens (including phenoxy) is 2. The molecule has 0 atom stereocenters. The summed E-state index contributed by atoms with van der Waals surface area (Å²) in [6.45, 7) is 2.74. The van der Waals surface area contributed by atoms with Crippen LogP contribution in [0.25, 0.3) is 10.8 Å². The fraction of sp³-hybridized carbons (Fsp3) is 0.304. The fourth-order valence-corrected chi connectivity index (χ4v) is 3.16. The Morgan fingerprint density at radius 1 is 1.04 bits per heavy atom. The van der Waals surface area contributed by atoms with E-state index in [9.17, 15) is 4.79 Å². The number of unbranched alkanes of at least 4 members (excludes halogenated alkanes) is 1. The summed E-state index contributed by atoms with van der Waals surface area (Å²) in [6, 6.07) is 15.7. The van der Waals surface area contributed by atoms with E-state index in [1.54, 1.807) is 14.2 Å². The number of carbonyl (C=O) groups excluding carboxylic acids is 1. The molecule has 0 fully saturated rings. The van der Waals surface area contributed by atoms with Gasteiger partial charge in [0.2, 0.25) is 0 Å². The molecule has 0 unspecified atom stereocenters. The molecule has 5 heteroatoms. The SMILES string of the molecule is CCCCNC(=O)c1cc2cc(OC)c(OC)cc2c(Cc2ccccc2)n1. The Labute approximate surface area is 165 Å². The second kappa shape index (κ2) is 9.22. The van der Waals surface area contributed by atoms with Gasteiger partial charge < -0.3 is 14.8 Å². The summed E-state index contributed by atoms with van der Waals surface area (Å²) in [6.07, 6.45) is 2.60. The summed E-state index contributed by atoms with van der Waals surface area (Å²) >= 11 is 0. The molecule has 2 aromatic carbocycles. The minimum absolute atomic E-state index is 0.153. The van der Waals surface area contributed by atoms with E-state index >= 15 is 0 Å². The smallest absolute Gasteiger partial charge is 0.269 e. The summed E-state index contributed by atoms with van der Waals surface area (Å²) in [7, 11) is 3.22. The third kappa shape index (κ3) is 4.42. The van der Waals surface area contributed by atoms with Gasteiger partial charge in [-0.1, -0.05) is 43.7 Å². The molecular weight excluding hydrogens is 352 g/mol. The number of benzene rings is 2. The van der Waals surface area contributed by atoms with Crippen molar-refractivity contribution in [2.45, 2.75) is 26.2 Å². The van der Waals surface area contributed by atoms with Gasteiger partial charge in [0.1, 0.15) is 5.69 Å². The highest BCUT2D eigenvalue weighted by molar-refractivity contribution is 5.98. The lowest BCUT2D eigenvalue weighted by molar-refractivity contribution is 0.0948. The number of aromatic nitrogens is 1. The Kier molecular flexibility index (Phi) is 6.48. The average Bonchev–Trinajstić information content (AvgIpc) is 2.73. The predicted octanol–water partition coefficient (Wildman–Crippen LogP) is 4.37. The van der Waals surface area contributed by atoms with E-state index < -0.39 is 0 Å². The van der Waals surface area contributed by atoms with Crippen molar-refractivity contribution in [2.24, 2.45) is 0 Å². The van der Waals surface area contributed by atoms with Crippen molar-refractivity contribution in [1.82, 2.24) is 10.3 Å². The molecule has 1 amide bonds. The maximum Gasteiger partial charge on any atom is 0.269 e. The topological polar surface area (TPSA) is 60.5 Å². The molecule has 0 aliphatic heterocycles. The van der Waals surface area contributed by atoms with Gasteiger partial charge in [-0.05, 0) is 35.6 Å². The van der Waals surface area contributed by atoms with E-state index in [0.29, 0.717) is 30.2 Å². The molecule has 5 nitrogen and oxygen atoms in total. The molecule has 0 spiro atoms. The maximum atomic E-state index is 12.6. The van der Waals surface area contributed by atoms with Crippen molar-refractivity contribution in [3.05, 3.63) is 65.5 Å². The zero-order valence-corrected chi connectivity index (χ0v) is 16.6. The zero-order chi connectivity index (χ0) is 19.9. The van der Waals surface area contributed by atoms with Gasteiger partial charge in [-0.25, -0.2) is 4.98 Å². The van der Waals surface area contributed by atoms with Crippen LogP contribution < -0.4 is 14.8 Å². The average molecular weight is 378 g/mol. The van der Waals surface area contributed by atoms with Crippen molar-refractivity contribution in [3.63, 3.8) is 0 Å². The monoisotopic (exact) mass is 378 g/mol. The number of nitrogens with zero attached hydrogens (tertiary/aromatic N) is 1. The third-order valence-electron chi connectivity index (χ3n) is 4.68. The molecule has 1 aromatic heterocycles. The number of nitrogens with one attached hydrogen (secondary N) is 1. The van der Waals surface area contributed by atoms with Crippen molar-refractivity contribution in [1.29, 1.82) is 0 Å². The molecule has 0 saturated heterocycles. The van der Waals surface area contributed by atoms with E-state index in [1.165, 1.54) is 0 Å². The third-order valence-corrected chi connectivity index (χ3v) is 4.68. The van der Waals surface area contributed by atoms with Crippen LogP contribution in [-0.2, 0) is 6.42 Å². The van der Waals surface area contributed by atoms with Gasteiger partial charge in [0.15, 0.2) is 11.5 Å². The van der Waals surface area contributed by atoms with E-state index in [4.69, 9.17) is 14.5 Å². The molecule has 1 N–H and O–H groups in total. The van der Waals surface area contributed by atoms with Gasteiger partial charge in [-0.3, -0.25) is 4.79 Å². The van der Waals surface area contributed by atoms with Crippen LogP contribution in [0.5, 0.6) is 11.5 Å². The maximum absolute atomic E-state index is 12.6. The summed E-state index contributed by atoms with van der Waals surface area (Å²) in [5.41, 5.74) is 2.39.